The van der Waals surface area contributed by atoms with Gasteiger partial charge in [-0.15, -0.1) is 18.2 Å². The summed E-state index contributed by atoms with van der Waals surface area (Å²) in [4.78, 5) is 0.0281. The fraction of sp³-hybridized carbons (Fsp3) is 0.273. The first-order valence-electron chi connectivity index (χ1n) is 5.03. The number of benzene rings is 1. The molecule has 1 aromatic carbocycles. The van der Waals surface area contributed by atoms with Gasteiger partial charge in [0.15, 0.2) is 0 Å². The fourth-order valence-electron chi connectivity index (χ4n) is 1.19. The van der Waals surface area contributed by atoms with Crippen molar-refractivity contribution in [1.82, 2.24) is 4.72 Å². The Morgan fingerprint density at radius 3 is 2.83 bits per heavy atom. The zero-order valence-electron chi connectivity index (χ0n) is 9.52. The number of hydrogen-bond acceptors (Lipinski definition) is 4. The number of anilines is 1. The van der Waals surface area contributed by atoms with E-state index in [0.29, 0.717) is 23.7 Å². The molecule has 0 unspecified atom stereocenters. The molecule has 0 aromatic heterocycles. The molecular weight excluding hydrogens is 292 g/mol. The first-order chi connectivity index (χ1) is 8.47. The first kappa shape index (κ1) is 15.2. The largest absolute Gasteiger partial charge is 0.399 e. The maximum absolute atomic E-state index is 11.9. The molecule has 0 saturated heterocycles. The minimum Gasteiger partial charge on any atom is -0.399 e. The average Bonchev–Trinajstić information content (AvgIpc) is 2.28. The smallest absolute Gasteiger partial charge is 0.242 e. The molecule has 0 saturated carbocycles. The molecule has 1 rings (SSSR count). The topological polar surface area (TPSA) is 72.2 Å². The highest BCUT2D eigenvalue weighted by Gasteiger charge is 2.17. The summed E-state index contributed by atoms with van der Waals surface area (Å²) in [5.41, 5.74) is 5.92. The van der Waals surface area contributed by atoms with Gasteiger partial charge in [-0.3, -0.25) is 0 Å². The summed E-state index contributed by atoms with van der Waals surface area (Å²) < 4.78 is 26.3. The molecule has 0 bridgehead atoms. The Hall–Kier alpha value is -0.870. The molecule has 4 nitrogen and oxygen atoms in total. The van der Waals surface area contributed by atoms with Crippen LogP contribution in [0.2, 0.25) is 5.02 Å². The number of terminal acetylenes is 1. The number of nitrogens with two attached hydrogens (primary N) is 1. The van der Waals surface area contributed by atoms with Gasteiger partial charge in [-0.1, -0.05) is 17.5 Å². The Balaban J connectivity index is 2.66. The summed E-state index contributed by atoms with van der Waals surface area (Å²) >= 11 is 7.33. The predicted octanol–water partition coefficient (Wildman–Crippen LogP) is 1.57. The van der Waals surface area contributed by atoms with Crippen molar-refractivity contribution in [2.24, 2.45) is 0 Å². The maximum Gasteiger partial charge on any atom is 0.242 e. The van der Waals surface area contributed by atoms with Gasteiger partial charge in [0.2, 0.25) is 10.0 Å². The molecule has 0 spiro atoms. The van der Waals surface area contributed by atoms with Crippen LogP contribution in [0.15, 0.2) is 23.1 Å². The molecule has 98 valence electrons. The van der Waals surface area contributed by atoms with Crippen molar-refractivity contribution in [3.63, 3.8) is 0 Å². The quantitative estimate of drug-likeness (QED) is 0.475. The maximum atomic E-state index is 11.9. The lowest BCUT2D eigenvalue weighted by molar-refractivity contribution is 0.584. The van der Waals surface area contributed by atoms with E-state index in [1.165, 1.54) is 30.0 Å². The number of thioether (sulfide) groups is 1. The van der Waals surface area contributed by atoms with Gasteiger partial charge >= 0.3 is 0 Å². The van der Waals surface area contributed by atoms with Crippen molar-refractivity contribution in [2.75, 3.05) is 23.8 Å². The molecule has 0 aliphatic carbocycles. The molecule has 0 radical (unpaired) electrons. The normalized spacial score (nSPS) is 11.1. The van der Waals surface area contributed by atoms with Crippen LogP contribution in [0.1, 0.15) is 0 Å². The van der Waals surface area contributed by atoms with Crippen LogP contribution < -0.4 is 10.5 Å². The molecule has 3 N–H and O–H groups in total. The summed E-state index contributed by atoms with van der Waals surface area (Å²) in [6.45, 7) is 0.301. The molecule has 0 aliphatic rings. The Labute approximate surface area is 116 Å². The summed E-state index contributed by atoms with van der Waals surface area (Å²) in [6.07, 6.45) is 5.08. The van der Waals surface area contributed by atoms with Crippen LogP contribution in [-0.4, -0.2) is 26.5 Å². The standard InChI is InChI=1S/C11H13ClN2O2S2/c1-2-6-17-7-5-14-18(15,16)11-4-3-9(13)8-10(11)12/h1,3-4,8,14H,5-7,13H2. The van der Waals surface area contributed by atoms with E-state index in [0.717, 1.165) is 0 Å². The minimum absolute atomic E-state index is 0.0281. The van der Waals surface area contributed by atoms with Crippen molar-refractivity contribution in [3.05, 3.63) is 23.2 Å². The Bertz CT molecular complexity index is 553. The van der Waals surface area contributed by atoms with Crippen LogP contribution in [0.5, 0.6) is 0 Å². The molecule has 0 amide bonds. The summed E-state index contributed by atoms with van der Waals surface area (Å²) in [5, 5.41) is 0.110. The van der Waals surface area contributed by atoms with Crippen molar-refractivity contribution in [2.45, 2.75) is 4.90 Å². The van der Waals surface area contributed by atoms with Crippen LogP contribution in [0.25, 0.3) is 0 Å². The first-order valence-corrected chi connectivity index (χ1v) is 8.05. The van der Waals surface area contributed by atoms with E-state index in [9.17, 15) is 8.42 Å². The Kier molecular flexibility index (Phi) is 5.82. The molecule has 0 atom stereocenters. The van der Waals surface area contributed by atoms with Gasteiger partial charge < -0.3 is 5.73 Å². The van der Waals surface area contributed by atoms with Crippen molar-refractivity contribution < 1.29 is 8.42 Å². The number of nitrogens with one attached hydrogen (secondary N) is 1. The molecule has 1 aromatic rings. The third kappa shape index (κ3) is 4.42. The van der Waals surface area contributed by atoms with Crippen molar-refractivity contribution >= 4 is 39.1 Å². The van der Waals surface area contributed by atoms with E-state index >= 15 is 0 Å². The van der Waals surface area contributed by atoms with Crippen LogP contribution in [0.3, 0.4) is 0 Å². The van der Waals surface area contributed by atoms with Crippen LogP contribution in [-0.2, 0) is 10.0 Å². The zero-order valence-corrected chi connectivity index (χ0v) is 11.9. The number of rotatable bonds is 6. The number of halogens is 1. The van der Waals surface area contributed by atoms with Gasteiger partial charge in [-0.25, -0.2) is 13.1 Å². The SMILES string of the molecule is C#CCSCCNS(=O)(=O)c1ccc(N)cc1Cl. The highest BCUT2D eigenvalue weighted by molar-refractivity contribution is 7.99. The average molecular weight is 305 g/mol. The minimum atomic E-state index is -3.60. The lowest BCUT2D eigenvalue weighted by Crippen LogP contribution is -2.26. The van der Waals surface area contributed by atoms with Gasteiger partial charge in [0.1, 0.15) is 4.90 Å². The van der Waals surface area contributed by atoms with Crippen LogP contribution in [0.4, 0.5) is 5.69 Å². The number of nitrogen functional groups attached to an aromatic ring is 1. The molecule has 0 fully saturated rings. The van der Waals surface area contributed by atoms with Gasteiger partial charge in [0.25, 0.3) is 0 Å². The van der Waals surface area contributed by atoms with Gasteiger partial charge in [-0.05, 0) is 18.2 Å². The van der Waals surface area contributed by atoms with E-state index in [1.54, 1.807) is 0 Å². The summed E-state index contributed by atoms with van der Waals surface area (Å²) in [5.74, 6) is 3.63. The molecule has 18 heavy (non-hydrogen) atoms. The van der Waals surface area contributed by atoms with Crippen LogP contribution in [0, 0.1) is 12.3 Å². The summed E-state index contributed by atoms with van der Waals surface area (Å²) in [6, 6.07) is 4.28. The molecular formula is C11H13ClN2O2S2. The lowest BCUT2D eigenvalue weighted by atomic mass is 10.3. The second kappa shape index (κ2) is 6.90. The second-order valence-electron chi connectivity index (χ2n) is 3.34. The van der Waals surface area contributed by atoms with E-state index in [-0.39, 0.29) is 9.92 Å². The highest BCUT2D eigenvalue weighted by atomic mass is 35.5. The second-order valence-corrected chi connectivity index (χ2v) is 6.59. The third-order valence-corrected chi connectivity index (χ3v) is 4.78. The fourth-order valence-corrected chi connectivity index (χ4v) is 3.41. The Morgan fingerprint density at radius 1 is 1.50 bits per heavy atom. The third-order valence-electron chi connectivity index (χ3n) is 1.97. The van der Waals surface area contributed by atoms with Crippen molar-refractivity contribution in [3.8, 4) is 12.3 Å². The van der Waals surface area contributed by atoms with Gasteiger partial charge in [0.05, 0.1) is 10.8 Å². The highest BCUT2D eigenvalue weighted by Crippen LogP contribution is 2.23. The zero-order chi connectivity index (χ0) is 13.6. The van der Waals surface area contributed by atoms with E-state index < -0.39 is 10.0 Å². The van der Waals surface area contributed by atoms with Crippen molar-refractivity contribution in [1.29, 1.82) is 0 Å². The lowest BCUT2D eigenvalue weighted by Gasteiger charge is -2.08. The number of sulfonamides is 1. The number of hydrogen-bond donors (Lipinski definition) is 2. The predicted molar refractivity (Wildman–Crippen MR) is 77.2 cm³/mol. The van der Waals surface area contributed by atoms with E-state index in [2.05, 4.69) is 10.6 Å². The molecule has 7 heteroatoms. The Morgan fingerprint density at radius 2 is 2.22 bits per heavy atom. The van der Waals surface area contributed by atoms with Crippen LogP contribution >= 0.6 is 23.4 Å². The molecule has 0 heterocycles. The summed E-state index contributed by atoms with van der Waals surface area (Å²) in [7, 11) is -3.60. The van der Waals surface area contributed by atoms with Gasteiger partial charge in [-0.2, -0.15) is 0 Å². The van der Waals surface area contributed by atoms with E-state index in [4.69, 9.17) is 23.8 Å². The monoisotopic (exact) mass is 304 g/mol. The van der Waals surface area contributed by atoms with Gasteiger partial charge in [0, 0.05) is 18.0 Å². The van der Waals surface area contributed by atoms with E-state index in [1.807, 2.05) is 0 Å². The molecule has 0 aliphatic heterocycles.